The number of anilines is 3. The van der Waals surface area contributed by atoms with Crippen LogP contribution in [0.3, 0.4) is 0 Å². The Balaban J connectivity index is 1.41. The van der Waals surface area contributed by atoms with Gasteiger partial charge in [-0.25, -0.2) is 4.79 Å². The number of pyridine rings is 1. The molecule has 0 atom stereocenters. The Labute approximate surface area is 210 Å². The number of nitrogens with one attached hydrogen (secondary N) is 2. The number of rotatable bonds is 9. The van der Waals surface area contributed by atoms with Crippen molar-refractivity contribution >= 4 is 29.0 Å². The monoisotopic (exact) mass is 489 g/mol. The molecular formula is C27H31N5O4. The molecule has 4 N–H and O–H groups in total. The molecule has 0 spiro atoms. The van der Waals surface area contributed by atoms with Crippen LogP contribution in [0.4, 0.5) is 21.9 Å². The molecule has 4 rings (SSSR count). The minimum absolute atomic E-state index is 0.218. The van der Waals surface area contributed by atoms with Crippen LogP contribution in [0.25, 0.3) is 0 Å². The fraction of sp³-hybridized carbons (Fsp3) is 0.296. The summed E-state index contributed by atoms with van der Waals surface area (Å²) >= 11 is 0. The predicted octanol–water partition coefficient (Wildman–Crippen LogP) is 4.91. The summed E-state index contributed by atoms with van der Waals surface area (Å²) < 4.78 is 11.2. The van der Waals surface area contributed by atoms with E-state index in [0.29, 0.717) is 54.9 Å². The molecule has 1 aromatic heterocycles. The van der Waals surface area contributed by atoms with Gasteiger partial charge in [0.25, 0.3) is 5.91 Å². The molecule has 1 aliphatic rings. The Hall–Kier alpha value is -4.27. The number of nitrogens with two attached hydrogens (primary N) is 1. The Bertz CT molecular complexity index is 1200. The standard InChI is InChI=1S/C27H31N5O4/c1-2-3-6-13-32(27(34)30-20-10-12-24-25(16-20)36-15-14-35-24)18-19-9-11-23(29-17-19)26(33)31-22-8-5-4-7-21(22)28/h4-5,7-12,16-17H,2-3,6,13-15,18,28H2,1H3,(H,30,34)(H,31,33). The lowest BCUT2D eigenvalue weighted by Crippen LogP contribution is -2.35. The summed E-state index contributed by atoms with van der Waals surface area (Å²) in [7, 11) is 0. The van der Waals surface area contributed by atoms with Crippen molar-refractivity contribution in [1.82, 2.24) is 9.88 Å². The van der Waals surface area contributed by atoms with Crippen LogP contribution in [0.5, 0.6) is 11.5 Å². The van der Waals surface area contributed by atoms with Crippen molar-refractivity contribution in [2.75, 3.05) is 36.1 Å². The lowest BCUT2D eigenvalue weighted by Gasteiger charge is -2.24. The third kappa shape index (κ3) is 6.44. The molecule has 3 amide bonds. The van der Waals surface area contributed by atoms with Gasteiger partial charge in [-0.1, -0.05) is 38.0 Å². The van der Waals surface area contributed by atoms with Crippen molar-refractivity contribution < 1.29 is 19.1 Å². The second kappa shape index (κ2) is 11.9. The van der Waals surface area contributed by atoms with Gasteiger partial charge < -0.3 is 30.7 Å². The van der Waals surface area contributed by atoms with Gasteiger partial charge in [-0.3, -0.25) is 9.78 Å². The number of amides is 3. The number of hydrogen-bond acceptors (Lipinski definition) is 6. The average molecular weight is 490 g/mol. The van der Waals surface area contributed by atoms with Crippen molar-refractivity contribution in [2.45, 2.75) is 32.7 Å². The van der Waals surface area contributed by atoms with Gasteiger partial charge in [-0.15, -0.1) is 0 Å². The quantitative estimate of drug-likeness (QED) is 0.290. The Morgan fingerprint density at radius 3 is 2.56 bits per heavy atom. The number of para-hydroxylation sites is 2. The first-order valence-corrected chi connectivity index (χ1v) is 12.1. The van der Waals surface area contributed by atoms with Gasteiger partial charge >= 0.3 is 6.03 Å². The van der Waals surface area contributed by atoms with E-state index in [4.69, 9.17) is 15.2 Å². The number of benzene rings is 2. The third-order valence-corrected chi connectivity index (χ3v) is 5.75. The molecule has 1 aliphatic heterocycles. The van der Waals surface area contributed by atoms with Gasteiger partial charge in [-0.05, 0) is 42.3 Å². The minimum Gasteiger partial charge on any atom is -0.486 e. The van der Waals surface area contributed by atoms with Crippen molar-refractivity contribution in [2.24, 2.45) is 0 Å². The molecule has 188 valence electrons. The normalized spacial score (nSPS) is 12.0. The van der Waals surface area contributed by atoms with E-state index < -0.39 is 0 Å². The number of unbranched alkanes of at least 4 members (excludes halogenated alkanes) is 2. The summed E-state index contributed by atoms with van der Waals surface area (Å²) in [5.41, 5.74) is 8.63. The summed E-state index contributed by atoms with van der Waals surface area (Å²) in [6.45, 7) is 4.07. The van der Waals surface area contributed by atoms with Gasteiger partial charge in [-0.2, -0.15) is 0 Å². The number of ether oxygens (including phenoxy) is 2. The SMILES string of the molecule is CCCCCN(Cc1ccc(C(=O)Nc2ccccc2N)nc1)C(=O)Nc1ccc2c(c1)OCCO2. The molecule has 36 heavy (non-hydrogen) atoms. The van der Waals surface area contributed by atoms with E-state index >= 15 is 0 Å². The van der Waals surface area contributed by atoms with Gasteiger partial charge in [0.1, 0.15) is 18.9 Å². The van der Waals surface area contributed by atoms with Crippen LogP contribution < -0.4 is 25.8 Å². The van der Waals surface area contributed by atoms with Crippen LogP contribution in [0, 0.1) is 0 Å². The second-order valence-corrected chi connectivity index (χ2v) is 8.51. The Morgan fingerprint density at radius 2 is 1.81 bits per heavy atom. The van der Waals surface area contributed by atoms with Gasteiger partial charge in [0.15, 0.2) is 11.5 Å². The number of carbonyl (C=O) groups excluding carboxylic acids is 2. The van der Waals surface area contributed by atoms with Crippen LogP contribution in [-0.2, 0) is 6.54 Å². The van der Waals surface area contributed by atoms with E-state index in [1.807, 2.05) is 0 Å². The minimum atomic E-state index is -0.351. The molecule has 3 aromatic rings. The average Bonchev–Trinajstić information content (AvgIpc) is 2.90. The molecular weight excluding hydrogens is 458 g/mol. The van der Waals surface area contributed by atoms with Crippen molar-refractivity contribution in [1.29, 1.82) is 0 Å². The van der Waals surface area contributed by atoms with Gasteiger partial charge in [0, 0.05) is 31.0 Å². The number of fused-ring (bicyclic) bond motifs is 1. The largest absolute Gasteiger partial charge is 0.486 e. The van der Waals surface area contributed by atoms with Gasteiger partial charge in [0.05, 0.1) is 11.4 Å². The molecule has 9 nitrogen and oxygen atoms in total. The fourth-order valence-corrected chi connectivity index (χ4v) is 3.80. The summed E-state index contributed by atoms with van der Waals surface area (Å²) in [6, 6.07) is 15.6. The molecule has 0 fully saturated rings. The second-order valence-electron chi connectivity index (χ2n) is 8.51. The maximum absolute atomic E-state index is 13.1. The third-order valence-electron chi connectivity index (χ3n) is 5.75. The zero-order valence-corrected chi connectivity index (χ0v) is 20.3. The molecule has 0 bridgehead atoms. The van der Waals surface area contributed by atoms with Crippen LogP contribution in [-0.4, -0.2) is 41.6 Å². The van der Waals surface area contributed by atoms with E-state index in [2.05, 4.69) is 22.5 Å². The predicted molar refractivity (Wildman–Crippen MR) is 139 cm³/mol. The van der Waals surface area contributed by atoms with Crippen molar-refractivity contribution in [3.63, 3.8) is 0 Å². The maximum Gasteiger partial charge on any atom is 0.322 e. The molecule has 0 unspecified atom stereocenters. The topological polar surface area (TPSA) is 119 Å². The fourth-order valence-electron chi connectivity index (χ4n) is 3.80. The smallest absolute Gasteiger partial charge is 0.322 e. The van der Waals surface area contributed by atoms with E-state index in [0.717, 1.165) is 24.8 Å². The van der Waals surface area contributed by atoms with Crippen LogP contribution in [0.15, 0.2) is 60.8 Å². The highest BCUT2D eigenvalue weighted by atomic mass is 16.6. The summed E-state index contributed by atoms with van der Waals surface area (Å²) in [4.78, 5) is 31.7. The van der Waals surface area contributed by atoms with E-state index in [9.17, 15) is 9.59 Å². The zero-order chi connectivity index (χ0) is 25.3. The van der Waals surface area contributed by atoms with Crippen LogP contribution in [0.1, 0.15) is 42.2 Å². The number of carbonyl (C=O) groups is 2. The summed E-state index contributed by atoms with van der Waals surface area (Å²) in [5, 5.41) is 5.72. The molecule has 0 aliphatic carbocycles. The number of urea groups is 1. The number of nitrogen functional groups attached to an aromatic ring is 1. The lowest BCUT2D eigenvalue weighted by atomic mass is 10.2. The van der Waals surface area contributed by atoms with E-state index in [-0.39, 0.29) is 17.6 Å². The maximum atomic E-state index is 13.1. The van der Waals surface area contributed by atoms with Crippen LogP contribution >= 0.6 is 0 Å². The van der Waals surface area contributed by atoms with Crippen LogP contribution in [0.2, 0.25) is 0 Å². The molecule has 2 heterocycles. The van der Waals surface area contributed by atoms with E-state index in [1.54, 1.807) is 65.7 Å². The number of hydrogen-bond donors (Lipinski definition) is 3. The summed E-state index contributed by atoms with van der Waals surface area (Å²) in [5.74, 6) is 0.937. The number of aromatic nitrogens is 1. The molecule has 0 saturated heterocycles. The molecule has 9 heteroatoms. The molecule has 2 aromatic carbocycles. The zero-order valence-electron chi connectivity index (χ0n) is 20.3. The van der Waals surface area contributed by atoms with Gasteiger partial charge in [0.2, 0.25) is 0 Å². The highest BCUT2D eigenvalue weighted by molar-refractivity contribution is 6.04. The molecule has 0 radical (unpaired) electrons. The number of nitrogens with zero attached hydrogens (tertiary/aromatic N) is 2. The first kappa shape index (κ1) is 24.8. The first-order chi connectivity index (χ1) is 17.5. The highest BCUT2D eigenvalue weighted by Gasteiger charge is 2.17. The van der Waals surface area contributed by atoms with Crippen molar-refractivity contribution in [3.05, 3.63) is 72.1 Å². The van der Waals surface area contributed by atoms with E-state index in [1.165, 1.54) is 0 Å². The lowest BCUT2D eigenvalue weighted by molar-refractivity contribution is 0.102. The summed E-state index contributed by atoms with van der Waals surface area (Å²) in [6.07, 6.45) is 4.58. The highest BCUT2D eigenvalue weighted by Crippen LogP contribution is 2.32. The Kier molecular flexibility index (Phi) is 8.23. The first-order valence-electron chi connectivity index (χ1n) is 12.1. The molecule has 0 saturated carbocycles. The van der Waals surface area contributed by atoms with Crippen molar-refractivity contribution in [3.8, 4) is 11.5 Å². The Morgan fingerprint density at radius 1 is 1.00 bits per heavy atom.